The molecule has 6 nitrogen and oxygen atoms in total. The van der Waals surface area contributed by atoms with E-state index in [1.165, 1.54) is 16.2 Å². The molecule has 2 amide bonds. The first kappa shape index (κ1) is 22.6. The zero-order valence-electron chi connectivity index (χ0n) is 18.6. The topological polar surface area (TPSA) is 85.4 Å². The largest absolute Gasteiger partial charge is 0.465 e. The maximum atomic E-state index is 13.8. The molecular weight excluding hydrogens is 434 g/mol. The normalized spacial score (nSPS) is 13.9. The lowest BCUT2D eigenvalue weighted by Crippen LogP contribution is -2.59. The SMILES string of the molecule is C[C@H](NC(=O)[C@@](C)(Cc1c[nH]c2ccccc12)N(Cc1cccs1)C(=O)O)c1ccccc1. The van der Waals surface area contributed by atoms with Crippen molar-refractivity contribution in [1.29, 1.82) is 0 Å². The van der Waals surface area contributed by atoms with E-state index in [0.717, 1.165) is 26.9 Å². The minimum Gasteiger partial charge on any atom is -0.465 e. The van der Waals surface area contributed by atoms with E-state index in [0.29, 0.717) is 0 Å². The number of benzene rings is 2. The third-order valence-electron chi connectivity index (χ3n) is 6.07. The van der Waals surface area contributed by atoms with Crippen LogP contribution in [0.1, 0.15) is 35.9 Å². The van der Waals surface area contributed by atoms with Gasteiger partial charge in [0.1, 0.15) is 5.54 Å². The van der Waals surface area contributed by atoms with Gasteiger partial charge < -0.3 is 15.4 Å². The Kier molecular flexibility index (Phi) is 6.51. The van der Waals surface area contributed by atoms with E-state index in [1.54, 1.807) is 6.92 Å². The molecule has 33 heavy (non-hydrogen) atoms. The molecule has 0 saturated heterocycles. The highest BCUT2D eigenvalue weighted by atomic mass is 32.1. The molecule has 4 rings (SSSR count). The fourth-order valence-electron chi connectivity index (χ4n) is 4.14. The fraction of sp³-hybridized carbons (Fsp3) is 0.231. The first-order chi connectivity index (χ1) is 15.9. The molecule has 4 aromatic rings. The van der Waals surface area contributed by atoms with E-state index < -0.39 is 11.6 Å². The highest BCUT2D eigenvalue weighted by Gasteiger charge is 2.43. The van der Waals surface area contributed by atoms with E-state index in [9.17, 15) is 14.7 Å². The summed E-state index contributed by atoms with van der Waals surface area (Å²) in [7, 11) is 0. The van der Waals surface area contributed by atoms with E-state index in [4.69, 9.17) is 0 Å². The van der Waals surface area contributed by atoms with Crippen LogP contribution in [-0.2, 0) is 17.8 Å². The van der Waals surface area contributed by atoms with Gasteiger partial charge in [-0.25, -0.2) is 4.79 Å². The number of thiophene rings is 1. The summed E-state index contributed by atoms with van der Waals surface area (Å²) in [6.07, 6.45) is 0.970. The van der Waals surface area contributed by atoms with Gasteiger partial charge in [-0.3, -0.25) is 9.69 Å². The molecule has 2 aromatic heterocycles. The van der Waals surface area contributed by atoms with Crippen LogP contribution in [0.2, 0.25) is 0 Å². The van der Waals surface area contributed by atoms with Gasteiger partial charge in [0.05, 0.1) is 12.6 Å². The van der Waals surface area contributed by atoms with Gasteiger partial charge in [-0.2, -0.15) is 0 Å². The van der Waals surface area contributed by atoms with Crippen molar-refractivity contribution >= 4 is 34.2 Å². The van der Waals surface area contributed by atoms with Crippen LogP contribution in [0, 0.1) is 0 Å². The standard InChI is InChI=1S/C26H27N3O3S/c1-18(19-9-4-3-5-10-19)28-24(30)26(2,29(25(31)32)17-21-11-8-14-33-21)15-20-16-27-23-13-7-6-12-22(20)23/h3-14,16,18,27H,15,17H2,1-2H3,(H,28,30)(H,31,32)/t18-,26+/m0/s1. The van der Waals surface area contributed by atoms with Crippen LogP contribution in [-0.4, -0.2) is 32.5 Å². The molecule has 2 heterocycles. The molecule has 0 aliphatic rings. The summed E-state index contributed by atoms with van der Waals surface area (Å²) in [4.78, 5) is 31.6. The minimum absolute atomic E-state index is 0.138. The van der Waals surface area contributed by atoms with Crippen molar-refractivity contribution in [3.63, 3.8) is 0 Å². The van der Waals surface area contributed by atoms with Crippen molar-refractivity contribution in [1.82, 2.24) is 15.2 Å². The van der Waals surface area contributed by atoms with Gasteiger partial charge in [-0.05, 0) is 42.5 Å². The Labute approximate surface area is 196 Å². The molecule has 0 spiro atoms. The van der Waals surface area contributed by atoms with Crippen LogP contribution in [0.5, 0.6) is 0 Å². The first-order valence-corrected chi connectivity index (χ1v) is 11.7. The van der Waals surface area contributed by atoms with E-state index in [-0.39, 0.29) is 24.9 Å². The van der Waals surface area contributed by atoms with Crippen LogP contribution in [0.4, 0.5) is 4.79 Å². The third-order valence-corrected chi connectivity index (χ3v) is 6.93. The predicted octanol–water partition coefficient (Wildman–Crippen LogP) is 5.59. The van der Waals surface area contributed by atoms with Crippen LogP contribution in [0.25, 0.3) is 10.9 Å². The molecule has 2 atom stereocenters. The molecule has 0 saturated carbocycles. The Bertz CT molecular complexity index is 1240. The summed E-state index contributed by atoms with van der Waals surface area (Å²) in [6, 6.07) is 21.0. The molecule has 170 valence electrons. The van der Waals surface area contributed by atoms with Gasteiger partial charge in [0.2, 0.25) is 5.91 Å². The highest BCUT2D eigenvalue weighted by Crippen LogP contribution is 2.30. The summed E-state index contributed by atoms with van der Waals surface area (Å²) < 4.78 is 0. The number of aromatic amines is 1. The zero-order chi connectivity index (χ0) is 23.4. The van der Waals surface area contributed by atoms with Crippen molar-refractivity contribution in [2.75, 3.05) is 0 Å². The number of nitrogens with zero attached hydrogens (tertiary/aromatic N) is 1. The van der Waals surface area contributed by atoms with E-state index in [2.05, 4.69) is 10.3 Å². The molecule has 0 aliphatic carbocycles. The molecule has 0 bridgehead atoms. The monoisotopic (exact) mass is 461 g/mol. The summed E-state index contributed by atoms with van der Waals surface area (Å²) in [5.74, 6) is -0.330. The first-order valence-electron chi connectivity index (χ1n) is 10.8. The van der Waals surface area contributed by atoms with Crippen LogP contribution < -0.4 is 5.32 Å². The number of rotatable bonds is 8. The molecule has 7 heteroatoms. The number of carboxylic acid groups (broad SMARTS) is 1. The molecule has 3 N–H and O–H groups in total. The van der Waals surface area contributed by atoms with E-state index in [1.807, 2.05) is 85.2 Å². The quantitative estimate of drug-likeness (QED) is 0.320. The number of fused-ring (bicyclic) bond motifs is 1. The number of amides is 2. The van der Waals surface area contributed by atoms with Crippen molar-refractivity contribution in [3.8, 4) is 0 Å². The highest BCUT2D eigenvalue weighted by molar-refractivity contribution is 7.09. The second kappa shape index (κ2) is 9.50. The summed E-state index contributed by atoms with van der Waals surface area (Å²) in [6.45, 7) is 3.76. The molecule has 0 unspecified atom stereocenters. The lowest BCUT2D eigenvalue weighted by molar-refractivity contribution is -0.132. The van der Waals surface area contributed by atoms with Crippen molar-refractivity contribution < 1.29 is 14.7 Å². The number of para-hydroxylation sites is 1. The van der Waals surface area contributed by atoms with Crippen molar-refractivity contribution in [2.24, 2.45) is 0 Å². The number of hydrogen-bond acceptors (Lipinski definition) is 3. The number of aromatic nitrogens is 1. The van der Waals surface area contributed by atoms with Gasteiger partial charge in [-0.1, -0.05) is 54.6 Å². The lowest BCUT2D eigenvalue weighted by Gasteiger charge is -2.39. The average molecular weight is 462 g/mol. The Morgan fingerprint density at radius 3 is 2.52 bits per heavy atom. The Hall–Kier alpha value is -3.58. The predicted molar refractivity (Wildman–Crippen MR) is 131 cm³/mol. The van der Waals surface area contributed by atoms with Crippen molar-refractivity contribution in [3.05, 3.63) is 94.3 Å². The van der Waals surface area contributed by atoms with Crippen LogP contribution in [0.15, 0.2) is 78.3 Å². The third kappa shape index (κ3) is 4.78. The molecule has 0 radical (unpaired) electrons. The molecular formula is C26H27N3O3S. The van der Waals surface area contributed by atoms with Crippen LogP contribution >= 0.6 is 11.3 Å². The smallest absolute Gasteiger partial charge is 0.408 e. The van der Waals surface area contributed by atoms with Gasteiger partial charge in [0.15, 0.2) is 0 Å². The van der Waals surface area contributed by atoms with Gasteiger partial charge in [-0.15, -0.1) is 11.3 Å². The van der Waals surface area contributed by atoms with Gasteiger partial charge in [0, 0.05) is 28.4 Å². The average Bonchev–Trinajstić information content (AvgIpc) is 3.48. The maximum absolute atomic E-state index is 13.8. The molecule has 0 aliphatic heterocycles. The Morgan fingerprint density at radius 2 is 1.82 bits per heavy atom. The van der Waals surface area contributed by atoms with E-state index >= 15 is 0 Å². The number of carbonyl (C=O) groups is 2. The van der Waals surface area contributed by atoms with Gasteiger partial charge in [0.25, 0.3) is 0 Å². The number of carbonyl (C=O) groups excluding carboxylic acids is 1. The summed E-state index contributed by atoms with van der Waals surface area (Å²) >= 11 is 1.47. The number of H-pyrrole nitrogens is 1. The Morgan fingerprint density at radius 1 is 1.09 bits per heavy atom. The zero-order valence-corrected chi connectivity index (χ0v) is 19.4. The molecule has 2 aromatic carbocycles. The Balaban J connectivity index is 1.71. The lowest BCUT2D eigenvalue weighted by atomic mass is 9.89. The second-order valence-electron chi connectivity index (χ2n) is 8.36. The second-order valence-corrected chi connectivity index (χ2v) is 9.40. The summed E-state index contributed by atoms with van der Waals surface area (Å²) in [5.41, 5.74) is 1.48. The van der Waals surface area contributed by atoms with Crippen molar-refractivity contribution in [2.45, 2.75) is 38.4 Å². The maximum Gasteiger partial charge on any atom is 0.408 e. The number of hydrogen-bond donors (Lipinski definition) is 3. The molecule has 0 fully saturated rings. The van der Waals surface area contributed by atoms with Crippen LogP contribution in [0.3, 0.4) is 0 Å². The fourth-order valence-corrected chi connectivity index (χ4v) is 4.83. The minimum atomic E-state index is -1.33. The summed E-state index contributed by atoms with van der Waals surface area (Å²) in [5, 5.41) is 16.1. The number of nitrogens with one attached hydrogen (secondary N) is 2. The van der Waals surface area contributed by atoms with Gasteiger partial charge >= 0.3 is 6.09 Å².